The number of esters is 1. The Morgan fingerprint density at radius 3 is 3.00 bits per heavy atom. The Hall–Kier alpha value is -1.77. The fourth-order valence-electron chi connectivity index (χ4n) is 1.23. The lowest BCUT2D eigenvalue weighted by Crippen LogP contribution is -2.04. The fraction of sp³-hybridized carbons (Fsp3) is 0.182. The van der Waals surface area contributed by atoms with Crippen LogP contribution in [0.15, 0.2) is 34.9 Å². The number of benzene rings is 1. The van der Waals surface area contributed by atoms with Crippen LogP contribution in [0.1, 0.15) is 13.3 Å². The van der Waals surface area contributed by atoms with Crippen molar-refractivity contribution >= 4 is 16.9 Å². The fourth-order valence-corrected chi connectivity index (χ4v) is 1.23. The monoisotopic (exact) mass is 190 g/mol. The molecule has 0 radical (unpaired) electrons. The quantitative estimate of drug-likeness (QED) is 0.683. The number of furan rings is 1. The second kappa shape index (κ2) is 3.54. The maximum Gasteiger partial charge on any atom is 0.311 e. The highest BCUT2D eigenvalue weighted by Crippen LogP contribution is 2.27. The Morgan fingerprint density at radius 2 is 2.21 bits per heavy atom. The van der Waals surface area contributed by atoms with Crippen LogP contribution in [-0.2, 0) is 4.79 Å². The van der Waals surface area contributed by atoms with Gasteiger partial charge in [0.25, 0.3) is 0 Å². The number of fused-ring (bicyclic) bond motifs is 1. The van der Waals surface area contributed by atoms with Gasteiger partial charge in [-0.25, -0.2) is 0 Å². The van der Waals surface area contributed by atoms with Crippen LogP contribution in [0.3, 0.4) is 0 Å². The van der Waals surface area contributed by atoms with E-state index < -0.39 is 0 Å². The summed E-state index contributed by atoms with van der Waals surface area (Å²) in [6.45, 7) is 1.75. The minimum absolute atomic E-state index is 0.253. The molecule has 3 heteroatoms. The zero-order valence-corrected chi connectivity index (χ0v) is 7.82. The lowest BCUT2D eigenvalue weighted by atomic mass is 10.2. The third-order valence-electron chi connectivity index (χ3n) is 1.96. The van der Waals surface area contributed by atoms with E-state index in [0.29, 0.717) is 12.2 Å². The van der Waals surface area contributed by atoms with Crippen molar-refractivity contribution in [2.24, 2.45) is 0 Å². The predicted molar refractivity (Wildman–Crippen MR) is 52.1 cm³/mol. The van der Waals surface area contributed by atoms with Gasteiger partial charge in [-0.05, 0) is 12.1 Å². The molecule has 3 nitrogen and oxygen atoms in total. The molecule has 72 valence electrons. The highest BCUT2D eigenvalue weighted by molar-refractivity contribution is 5.86. The number of hydrogen-bond donors (Lipinski definition) is 0. The highest BCUT2D eigenvalue weighted by atomic mass is 16.5. The molecule has 0 fully saturated rings. The third kappa shape index (κ3) is 1.48. The standard InChI is InChI=1S/C11H10O3/c1-2-11(12)14-10-7-13-9-6-4-3-5-8(9)10/h3-7H,2H2,1H3. The summed E-state index contributed by atoms with van der Waals surface area (Å²) >= 11 is 0. The van der Waals surface area contributed by atoms with E-state index in [-0.39, 0.29) is 5.97 Å². The van der Waals surface area contributed by atoms with Crippen molar-refractivity contribution in [2.75, 3.05) is 0 Å². The first kappa shape index (κ1) is 8.81. The van der Waals surface area contributed by atoms with Gasteiger partial charge in [-0.3, -0.25) is 4.79 Å². The number of rotatable bonds is 2. The Bertz CT molecular complexity index is 456. The summed E-state index contributed by atoms with van der Waals surface area (Å²) in [6, 6.07) is 7.44. The summed E-state index contributed by atoms with van der Waals surface area (Å²) in [4.78, 5) is 11.1. The summed E-state index contributed by atoms with van der Waals surface area (Å²) in [6.07, 6.45) is 1.82. The molecule has 0 aliphatic carbocycles. The van der Waals surface area contributed by atoms with Crippen molar-refractivity contribution in [2.45, 2.75) is 13.3 Å². The maximum atomic E-state index is 11.1. The van der Waals surface area contributed by atoms with E-state index in [1.165, 1.54) is 6.26 Å². The topological polar surface area (TPSA) is 39.4 Å². The number of carbonyl (C=O) groups excluding carboxylic acids is 1. The second-order valence-electron chi connectivity index (χ2n) is 2.92. The molecule has 0 N–H and O–H groups in total. The van der Waals surface area contributed by atoms with Gasteiger partial charge in [-0.15, -0.1) is 0 Å². The average Bonchev–Trinajstić information content (AvgIpc) is 2.62. The largest absolute Gasteiger partial charge is 0.460 e. The van der Waals surface area contributed by atoms with Crippen LogP contribution in [0, 0.1) is 0 Å². The average molecular weight is 190 g/mol. The third-order valence-corrected chi connectivity index (χ3v) is 1.96. The van der Waals surface area contributed by atoms with Crippen molar-refractivity contribution in [3.63, 3.8) is 0 Å². The first-order valence-electron chi connectivity index (χ1n) is 4.48. The lowest BCUT2D eigenvalue weighted by Gasteiger charge is -1.97. The van der Waals surface area contributed by atoms with Gasteiger partial charge in [0.15, 0.2) is 5.75 Å². The van der Waals surface area contributed by atoms with E-state index in [9.17, 15) is 4.79 Å². The molecule has 0 atom stereocenters. The summed E-state index contributed by atoms with van der Waals surface area (Å²) in [5.41, 5.74) is 0.728. The molecule has 0 spiro atoms. The molecular weight excluding hydrogens is 180 g/mol. The highest BCUT2D eigenvalue weighted by Gasteiger charge is 2.08. The minimum Gasteiger partial charge on any atom is -0.460 e. The van der Waals surface area contributed by atoms with Gasteiger partial charge >= 0.3 is 5.97 Å². The molecule has 0 aliphatic heterocycles. The van der Waals surface area contributed by atoms with Gasteiger partial charge in [0, 0.05) is 6.42 Å². The van der Waals surface area contributed by atoms with Gasteiger partial charge in [0.05, 0.1) is 5.39 Å². The summed E-state index contributed by atoms with van der Waals surface area (Å²) in [5, 5.41) is 0.828. The van der Waals surface area contributed by atoms with Gasteiger partial charge < -0.3 is 9.15 Å². The molecule has 0 amide bonds. The number of hydrogen-bond acceptors (Lipinski definition) is 3. The van der Waals surface area contributed by atoms with Gasteiger partial charge in [0.1, 0.15) is 11.8 Å². The number of ether oxygens (including phenoxy) is 1. The van der Waals surface area contributed by atoms with Crippen molar-refractivity contribution in [3.8, 4) is 5.75 Å². The van der Waals surface area contributed by atoms with Crippen molar-refractivity contribution in [1.29, 1.82) is 0 Å². The Labute approximate surface area is 81.3 Å². The molecular formula is C11H10O3. The van der Waals surface area contributed by atoms with E-state index in [4.69, 9.17) is 9.15 Å². The first-order chi connectivity index (χ1) is 6.81. The van der Waals surface area contributed by atoms with Crippen LogP contribution in [0.2, 0.25) is 0 Å². The van der Waals surface area contributed by atoms with Gasteiger partial charge in [-0.1, -0.05) is 19.1 Å². The van der Waals surface area contributed by atoms with Crippen LogP contribution in [-0.4, -0.2) is 5.97 Å². The van der Waals surface area contributed by atoms with E-state index >= 15 is 0 Å². The van der Waals surface area contributed by atoms with E-state index in [0.717, 1.165) is 11.0 Å². The molecule has 0 unspecified atom stereocenters. The molecule has 0 saturated carbocycles. The van der Waals surface area contributed by atoms with E-state index in [1.54, 1.807) is 6.92 Å². The Kier molecular flexibility index (Phi) is 2.23. The molecule has 1 heterocycles. The molecule has 0 saturated heterocycles. The molecule has 1 aromatic carbocycles. The van der Waals surface area contributed by atoms with Gasteiger partial charge in [-0.2, -0.15) is 0 Å². The molecule has 2 aromatic rings. The van der Waals surface area contributed by atoms with Crippen LogP contribution in [0.25, 0.3) is 11.0 Å². The van der Waals surface area contributed by atoms with Crippen molar-refractivity contribution < 1.29 is 13.9 Å². The van der Waals surface area contributed by atoms with Crippen LogP contribution < -0.4 is 4.74 Å². The Morgan fingerprint density at radius 1 is 1.43 bits per heavy atom. The summed E-state index contributed by atoms with van der Waals surface area (Å²) in [7, 11) is 0. The zero-order valence-electron chi connectivity index (χ0n) is 7.82. The Balaban J connectivity index is 2.38. The second-order valence-corrected chi connectivity index (χ2v) is 2.92. The predicted octanol–water partition coefficient (Wildman–Crippen LogP) is 2.75. The number of para-hydroxylation sites is 1. The van der Waals surface area contributed by atoms with Crippen LogP contribution in [0.4, 0.5) is 0 Å². The van der Waals surface area contributed by atoms with E-state index in [1.807, 2.05) is 24.3 Å². The van der Waals surface area contributed by atoms with Crippen LogP contribution in [0.5, 0.6) is 5.75 Å². The molecule has 1 aromatic heterocycles. The van der Waals surface area contributed by atoms with Gasteiger partial charge in [0.2, 0.25) is 0 Å². The zero-order chi connectivity index (χ0) is 9.97. The van der Waals surface area contributed by atoms with Crippen molar-refractivity contribution in [3.05, 3.63) is 30.5 Å². The smallest absolute Gasteiger partial charge is 0.311 e. The van der Waals surface area contributed by atoms with Crippen LogP contribution >= 0.6 is 0 Å². The van der Waals surface area contributed by atoms with Crippen molar-refractivity contribution in [1.82, 2.24) is 0 Å². The molecule has 0 bridgehead atoms. The molecule has 14 heavy (non-hydrogen) atoms. The number of carbonyl (C=O) groups is 1. The lowest BCUT2D eigenvalue weighted by molar-refractivity contribution is -0.133. The molecule has 0 aliphatic rings. The molecule has 2 rings (SSSR count). The summed E-state index contributed by atoms with van der Waals surface area (Å²) in [5.74, 6) is 0.240. The maximum absolute atomic E-state index is 11.1. The summed E-state index contributed by atoms with van der Waals surface area (Å²) < 4.78 is 10.3. The SMILES string of the molecule is CCC(=O)Oc1coc2ccccc12. The minimum atomic E-state index is -0.253. The van der Waals surface area contributed by atoms with E-state index in [2.05, 4.69) is 0 Å². The normalized spacial score (nSPS) is 10.4. The first-order valence-corrected chi connectivity index (χ1v) is 4.48.